The highest BCUT2D eigenvalue weighted by Gasteiger charge is 2.24. The van der Waals surface area contributed by atoms with Crippen LogP contribution in [0.5, 0.6) is 0 Å². The van der Waals surface area contributed by atoms with Gasteiger partial charge in [-0.1, -0.05) is 22.0 Å². The molecular weight excluding hydrogens is 404 g/mol. The van der Waals surface area contributed by atoms with Crippen molar-refractivity contribution in [2.45, 2.75) is 12.5 Å². The molecule has 1 unspecified atom stereocenters. The zero-order chi connectivity index (χ0) is 16.8. The van der Waals surface area contributed by atoms with Gasteiger partial charge in [-0.25, -0.2) is 0 Å². The van der Waals surface area contributed by atoms with Crippen LogP contribution in [0.3, 0.4) is 0 Å². The molecule has 3 rings (SSSR count). The van der Waals surface area contributed by atoms with Crippen molar-refractivity contribution in [3.05, 3.63) is 58.8 Å². The molecule has 5 nitrogen and oxygen atoms in total. The second kappa shape index (κ2) is 9.87. The first-order chi connectivity index (χ1) is 11.7. The quantitative estimate of drug-likeness (QED) is 0.772. The van der Waals surface area contributed by atoms with Crippen LogP contribution in [0, 0.1) is 0 Å². The van der Waals surface area contributed by atoms with Crippen molar-refractivity contribution in [1.29, 1.82) is 0 Å². The summed E-state index contributed by atoms with van der Waals surface area (Å²) in [5, 5.41) is 6.37. The summed E-state index contributed by atoms with van der Waals surface area (Å²) in [4.78, 5) is 18.8. The van der Waals surface area contributed by atoms with E-state index in [2.05, 4.69) is 42.5 Å². The lowest BCUT2D eigenvalue weighted by Crippen LogP contribution is -2.46. The molecule has 1 aliphatic rings. The summed E-state index contributed by atoms with van der Waals surface area (Å²) in [5.41, 5.74) is 2.02. The molecule has 1 fully saturated rings. The molecule has 0 spiro atoms. The first-order valence-corrected chi connectivity index (χ1v) is 8.92. The molecule has 7 heteroatoms. The van der Waals surface area contributed by atoms with Gasteiger partial charge in [-0.2, -0.15) is 0 Å². The number of hydrogen-bond acceptors (Lipinski definition) is 4. The first kappa shape index (κ1) is 19.8. The van der Waals surface area contributed by atoms with Crippen molar-refractivity contribution >= 4 is 39.9 Å². The van der Waals surface area contributed by atoms with E-state index < -0.39 is 0 Å². The molecule has 1 aromatic carbocycles. The summed E-state index contributed by atoms with van der Waals surface area (Å²) >= 11 is 3.39. The van der Waals surface area contributed by atoms with Crippen LogP contribution >= 0.6 is 28.3 Å². The molecule has 2 N–H and O–H groups in total. The fourth-order valence-corrected chi connectivity index (χ4v) is 3.18. The number of anilines is 1. The molecule has 2 aromatic rings. The van der Waals surface area contributed by atoms with Crippen LogP contribution in [0.2, 0.25) is 0 Å². The highest BCUT2D eigenvalue weighted by Crippen LogP contribution is 2.21. The maximum atomic E-state index is 12.2. The lowest BCUT2D eigenvalue weighted by molar-refractivity contribution is -0.116. The lowest BCUT2D eigenvalue weighted by Gasteiger charge is -2.36. The molecule has 0 radical (unpaired) electrons. The van der Waals surface area contributed by atoms with Crippen molar-refractivity contribution in [1.82, 2.24) is 15.2 Å². The summed E-state index contributed by atoms with van der Waals surface area (Å²) in [6.07, 6.45) is 4.18. The van der Waals surface area contributed by atoms with E-state index in [0.717, 1.165) is 36.3 Å². The van der Waals surface area contributed by atoms with E-state index in [1.165, 1.54) is 5.56 Å². The highest BCUT2D eigenvalue weighted by molar-refractivity contribution is 9.10. The van der Waals surface area contributed by atoms with Gasteiger partial charge >= 0.3 is 0 Å². The fraction of sp³-hybridized carbons (Fsp3) is 0.333. The number of pyridine rings is 1. The number of carbonyl (C=O) groups is 1. The Morgan fingerprint density at radius 2 is 2.12 bits per heavy atom. The maximum absolute atomic E-state index is 12.2. The van der Waals surface area contributed by atoms with E-state index >= 15 is 0 Å². The molecule has 1 amide bonds. The number of amides is 1. The SMILES string of the molecule is Cl.O=C(CCN1CCNCC1c1cccnc1)Nc1ccc(Br)cc1. The third-order valence-electron chi connectivity index (χ3n) is 4.18. The van der Waals surface area contributed by atoms with Gasteiger partial charge in [0.1, 0.15) is 0 Å². The third kappa shape index (κ3) is 5.78. The number of nitrogens with one attached hydrogen (secondary N) is 2. The van der Waals surface area contributed by atoms with Gasteiger partial charge in [0.25, 0.3) is 0 Å². The Bertz CT molecular complexity index is 669. The fourth-order valence-electron chi connectivity index (χ4n) is 2.92. The molecule has 1 aliphatic heterocycles. The van der Waals surface area contributed by atoms with Gasteiger partial charge in [-0.05, 0) is 35.9 Å². The number of halogens is 2. The molecule has 0 bridgehead atoms. The Labute approximate surface area is 162 Å². The molecule has 25 heavy (non-hydrogen) atoms. The average Bonchev–Trinajstić information content (AvgIpc) is 2.63. The second-order valence-electron chi connectivity index (χ2n) is 5.85. The highest BCUT2D eigenvalue weighted by atomic mass is 79.9. The van der Waals surface area contributed by atoms with E-state index in [9.17, 15) is 4.79 Å². The Balaban J connectivity index is 0.00000225. The Morgan fingerprint density at radius 1 is 1.32 bits per heavy atom. The average molecular weight is 426 g/mol. The standard InChI is InChI=1S/C18H21BrN4O.ClH/c19-15-3-5-16(6-4-15)22-18(24)7-10-23-11-9-21-13-17(23)14-2-1-8-20-12-14;/h1-6,8,12,17,21H,7,9-11,13H2,(H,22,24);1H. The van der Waals surface area contributed by atoms with Crippen LogP contribution in [0.4, 0.5) is 5.69 Å². The van der Waals surface area contributed by atoms with Gasteiger partial charge in [0.05, 0.1) is 0 Å². The van der Waals surface area contributed by atoms with Gasteiger partial charge in [0.15, 0.2) is 0 Å². The second-order valence-corrected chi connectivity index (χ2v) is 6.76. The van der Waals surface area contributed by atoms with Crippen molar-refractivity contribution in [3.8, 4) is 0 Å². The summed E-state index contributed by atoms with van der Waals surface area (Å²) in [6, 6.07) is 12.0. The summed E-state index contributed by atoms with van der Waals surface area (Å²) in [5.74, 6) is 0.0424. The molecule has 1 saturated heterocycles. The zero-order valence-corrected chi connectivity index (χ0v) is 16.2. The Hall–Kier alpha value is -1.47. The van der Waals surface area contributed by atoms with E-state index in [4.69, 9.17) is 0 Å². The zero-order valence-electron chi connectivity index (χ0n) is 13.8. The maximum Gasteiger partial charge on any atom is 0.225 e. The third-order valence-corrected chi connectivity index (χ3v) is 4.71. The van der Waals surface area contributed by atoms with Crippen molar-refractivity contribution in [2.75, 3.05) is 31.5 Å². The summed E-state index contributed by atoms with van der Waals surface area (Å²) in [6.45, 7) is 3.51. The van der Waals surface area contributed by atoms with Crippen molar-refractivity contribution in [2.24, 2.45) is 0 Å². The first-order valence-electron chi connectivity index (χ1n) is 8.12. The van der Waals surface area contributed by atoms with E-state index in [1.807, 2.05) is 36.5 Å². The number of aromatic nitrogens is 1. The number of nitrogens with zero attached hydrogens (tertiary/aromatic N) is 2. The van der Waals surface area contributed by atoms with E-state index in [0.29, 0.717) is 6.42 Å². The van der Waals surface area contributed by atoms with Crippen molar-refractivity contribution < 1.29 is 4.79 Å². The molecule has 0 saturated carbocycles. The topological polar surface area (TPSA) is 57.3 Å². The minimum absolute atomic E-state index is 0. The monoisotopic (exact) mass is 424 g/mol. The van der Waals surface area contributed by atoms with E-state index in [-0.39, 0.29) is 24.4 Å². The molecule has 1 aromatic heterocycles. The molecule has 134 valence electrons. The van der Waals surface area contributed by atoms with Crippen LogP contribution in [0.25, 0.3) is 0 Å². The minimum atomic E-state index is 0. The van der Waals surface area contributed by atoms with E-state index in [1.54, 1.807) is 6.20 Å². The molecular formula is C18H22BrClN4O. The number of hydrogen-bond donors (Lipinski definition) is 2. The van der Waals surface area contributed by atoms with Crippen LogP contribution in [0.15, 0.2) is 53.3 Å². The normalized spacial score (nSPS) is 17.6. The lowest BCUT2D eigenvalue weighted by atomic mass is 10.1. The van der Waals surface area contributed by atoms with Crippen LogP contribution in [-0.2, 0) is 4.79 Å². The van der Waals surface area contributed by atoms with Crippen LogP contribution in [0.1, 0.15) is 18.0 Å². The van der Waals surface area contributed by atoms with Crippen molar-refractivity contribution in [3.63, 3.8) is 0 Å². The predicted molar refractivity (Wildman–Crippen MR) is 106 cm³/mol. The van der Waals surface area contributed by atoms with Gasteiger partial charge in [0.2, 0.25) is 5.91 Å². The number of benzene rings is 1. The predicted octanol–water partition coefficient (Wildman–Crippen LogP) is 3.24. The summed E-state index contributed by atoms with van der Waals surface area (Å²) < 4.78 is 1.00. The summed E-state index contributed by atoms with van der Waals surface area (Å²) in [7, 11) is 0. The van der Waals surface area contributed by atoms with Gasteiger partial charge in [-0.3, -0.25) is 14.7 Å². The number of carbonyl (C=O) groups excluding carboxylic acids is 1. The number of piperazine rings is 1. The van der Waals surface area contributed by atoms with Gasteiger partial charge in [0, 0.05) is 61.2 Å². The molecule has 2 heterocycles. The van der Waals surface area contributed by atoms with Crippen LogP contribution < -0.4 is 10.6 Å². The Morgan fingerprint density at radius 3 is 2.84 bits per heavy atom. The minimum Gasteiger partial charge on any atom is -0.326 e. The molecule has 0 aliphatic carbocycles. The molecule has 1 atom stereocenters. The van der Waals surface area contributed by atoms with Crippen LogP contribution in [-0.4, -0.2) is 42.0 Å². The largest absolute Gasteiger partial charge is 0.326 e. The number of rotatable bonds is 5. The smallest absolute Gasteiger partial charge is 0.225 e. The Kier molecular flexibility index (Phi) is 7.84. The van der Waals surface area contributed by atoms with Gasteiger partial charge < -0.3 is 10.6 Å². The van der Waals surface area contributed by atoms with Gasteiger partial charge in [-0.15, -0.1) is 12.4 Å².